The van der Waals surface area contributed by atoms with Gasteiger partial charge < -0.3 is 5.11 Å². The number of likely N-dealkylation sites (tertiary alicyclic amines) is 1. The molecule has 0 aromatic carbocycles. The van der Waals surface area contributed by atoms with Crippen molar-refractivity contribution in [1.82, 2.24) is 4.90 Å². The predicted molar refractivity (Wildman–Crippen MR) is 80.3 cm³/mol. The van der Waals surface area contributed by atoms with E-state index in [1.807, 2.05) is 0 Å². The lowest BCUT2D eigenvalue weighted by Crippen LogP contribution is -2.47. The minimum atomic E-state index is 0.342. The number of piperidine rings is 1. The Balaban J connectivity index is 1.95. The molecule has 1 unspecified atom stereocenters. The van der Waals surface area contributed by atoms with Crippen molar-refractivity contribution < 1.29 is 5.11 Å². The average Bonchev–Trinajstić information content (AvgIpc) is 2.42. The van der Waals surface area contributed by atoms with Gasteiger partial charge in [0.25, 0.3) is 0 Å². The molecule has 1 aliphatic heterocycles. The molecule has 0 bridgehead atoms. The topological polar surface area (TPSA) is 23.5 Å². The summed E-state index contributed by atoms with van der Waals surface area (Å²) in [6.07, 6.45) is 11.8. The molecule has 1 aliphatic carbocycles. The zero-order chi connectivity index (χ0) is 12.8. The van der Waals surface area contributed by atoms with E-state index in [1.165, 1.54) is 64.5 Å². The van der Waals surface area contributed by atoms with E-state index in [0.717, 1.165) is 12.2 Å². The SMILES string of the molecule is OCCC1CCCCN1CC1(CS)CCCCC1. The third-order valence-electron chi connectivity index (χ3n) is 5.00. The van der Waals surface area contributed by atoms with E-state index in [4.69, 9.17) is 0 Å². The molecule has 2 aliphatic rings. The molecule has 2 fully saturated rings. The van der Waals surface area contributed by atoms with Crippen LogP contribution in [0.15, 0.2) is 0 Å². The number of hydrogen-bond acceptors (Lipinski definition) is 3. The molecule has 1 N–H and O–H groups in total. The first kappa shape index (κ1) is 14.7. The van der Waals surface area contributed by atoms with E-state index in [9.17, 15) is 5.11 Å². The van der Waals surface area contributed by atoms with Gasteiger partial charge in [0.1, 0.15) is 0 Å². The number of aliphatic hydroxyl groups excluding tert-OH is 1. The number of thiol groups is 1. The molecule has 0 amide bonds. The first-order valence-corrected chi connectivity index (χ1v) is 8.39. The maximum atomic E-state index is 9.22. The Morgan fingerprint density at radius 1 is 1.11 bits per heavy atom. The van der Waals surface area contributed by atoms with E-state index in [1.54, 1.807) is 0 Å². The number of nitrogens with zero attached hydrogens (tertiary/aromatic N) is 1. The van der Waals surface area contributed by atoms with Crippen LogP contribution in [-0.4, -0.2) is 41.5 Å². The lowest BCUT2D eigenvalue weighted by molar-refractivity contribution is 0.0572. The molecule has 18 heavy (non-hydrogen) atoms. The second-order valence-corrected chi connectivity index (χ2v) is 6.67. The summed E-state index contributed by atoms with van der Waals surface area (Å²) >= 11 is 4.65. The van der Waals surface area contributed by atoms with Crippen molar-refractivity contribution in [3.05, 3.63) is 0 Å². The Bertz CT molecular complexity index is 239. The Morgan fingerprint density at radius 3 is 2.56 bits per heavy atom. The minimum Gasteiger partial charge on any atom is -0.396 e. The summed E-state index contributed by atoms with van der Waals surface area (Å²) < 4.78 is 0. The molecule has 0 spiro atoms. The van der Waals surface area contributed by atoms with Crippen LogP contribution in [0.2, 0.25) is 0 Å². The van der Waals surface area contributed by atoms with Gasteiger partial charge in [-0.05, 0) is 49.8 Å². The maximum Gasteiger partial charge on any atom is 0.0445 e. The van der Waals surface area contributed by atoms with Crippen molar-refractivity contribution in [2.45, 2.75) is 63.8 Å². The van der Waals surface area contributed by atoms with Crippen LogP contribution in [0.3, 0.4) is 0 Å². The zero-order valence-electron chi connectivity index (χ0n) is 11.6. The Labute approximate surface area is 118 Å². The number of hydrogen-bond donors (Lipinski definition) is 2. The highest BCUT2D eigenvalue weighted by atomic mass is 32.1. The summed E-state index contributed by atoms with van der Waals surface area (Å²) in [5.41, 5.74) is 0.465. The summed E-state index contributed by atoms with van der Waals surface area (Å²) in [4.78, 5) is 2.67. The standard InChI is InChI=1S/C15H29NOS/c17-11-7-14-6-2-5-10-16(14)12-15(13-18)8-3-1-4-9-15/h14,17-18H,1-13H2. The van der Waals surface area contributed by atoms with Gasteiger partial charge in [0.15, 0.2) is 0 Å². The van der Waals surface area contributed by atoms with Crippen LogP contribution < -0.4 is 0 Å². The zero-order valence-corrected chi connectivity index (χ0v) is 12.5. The fraction of sp³-hybridized carbons (Fsp3) is 1.00. The molecule has 2 rings (SSSR count). The minimum absolute atomic E-state index is 0.342. The molecule has 0 aromatic rings. The molecular formula is C15H29NOS. The van der Waals surface area contributed by atoms with E-state index in [2.05, 4.69) is 17.5 Å². The second kappa shape index (κ2) is 7.16. The Kier molecular flexibility index (Phi) is 5.84. The van der Waals surface area contributed by atoms with E-state index in [-0.39, 0.29) is 0 Å². The summed E-state index contributed by atoms with van der Waals surface area (Å²) in [7, 11) is 0. The third-order valence-corrected chi connectivity index (χ3v) is 5.67. The Morgan fingerprint density at radius 2 is 1.89 bits per heavy atom. The van der Waals surface area contributed by atoms with Gasteiger partial charge in [-0.25, -0.2) is 0 Å². The molecule has 1 saturated heterocycles. The van der Waals surface area contributed by atoms with Gasteiger partial charge in [0.05, 0.1) is 0 Å². The van der Waals surface area contributed by atoms with Crippen LogP contribution in [-0.2, 0) is 0 Å². The van der Waals surface area contributed by atoms with Crippen molar-refractivity contribution in [2.75, 3.05) is 25.4 Å². The monoisotopic (exact) mass is 271 g/mol. The smallest absolute Gasteiger partial charge is 0.0445 e. The van der Waals surface area contributed by atoms with Crippen molar-refractivity contribution in [1.29, 1.82) is 0 Å². The molecule has 1 saturated carbocycles. The van der Waals surface area contributed by atoms with E-state index in [0.29, 0.717) is 18.1 Å². The second-order valence-electron chi connectivity index (χ2n) is 6.35. The summed E-state index contributed by atoms with van der Waals surface area (Å²) in [5.74, 6) is 1.04. The molecule has 1 atom stereocenters. The first-order valence-electron chi connectivity index (χ1n) is 7.75. The maximum absolute atomic E-state index is 9.22. The quantitative estimate of drug-likeness (QED) is 0.751. The van der Waals surface area contributed by atoms with Gasteiger partial charge in [-0.15, -0.1) is 0 Å². The van der Waals surface area contributed by atoms with E-state index < -0.39 is 0 Å². The molecule has 2 nitrogen and oxygen atoms in total. The summed E-state index contributed by atoms with van der Waals surface area (Å²) in [6, 6.07) is 0.627. The number of aliphatic hydroxyl groups is 1. The average molecular weight is 271 g/mol. The fourth-order valence-electron chi connectivity index (χ4n) is 3.84. The largest absolute Gasteiger partial charge is 0.396 e. The van der Waals surface area contributed by atoms with Gasteiger partial charge in [-0.3, -0.25) is 4.90 Å². The van der Waals surface area contributed by atoms with Crippen molar-refractivity contribution in [3.63, 3.8) is 0 Å². The van der Waals surface area contributed by atoms with Gasteiger partial charge in [0, 0.05) is 19.2 Å². The van der Waals surface area contributed by atoms with Gasteiger partial charge >= 0.3 is 0 Å². The van der Waals surface area contributed by atoms with Crippen LogP contribution in [0.1, 0.15) is 57.8 Å². The van der Waals surface area contributed by atoms with Crippen LogP contribution in [0.25, 0.3) is 0 Å². The van der Waals surface area contributed by atoms with Crippen LogP contribution in [0, 0.1) is 5.41 Å². The lowest BCUT2D eigenvalue weighted by Gasteiger charge is -2.44. The molecule has 1 heterocycles. The molecular weight excluding hydrogens is 242 g/mol. The van der Waals surface area contributed by atoms with Crippen LogP contribution >= 0.6 is 12.6 Å². The lowest BCUT2D eigenvalue weighted by atomic mass is 9.74. The molecule has 106 valence electrons. The van der Waals surface area contributed by atoms with E-state index >= 15 is 0 Å². The molecule has 0 radical (unpaired) electrons. The third kappa shape index (κ3) is 3.64. The highest BCUT2D eigenvalue weighted by Crippen LogP contribution is 2.39. The van der Waals surface area contributed by atoms with Crippen molar-refractivity contribution in [2.24, 2.45) is 5.41 Å². The first-order chi connectivity index (χ1) is 8.79. The fourth-order valence-corrected chi connectivity index (χ4v) is 4.26. The predicted octanol–water partition coefficient (Wildman–Crippen LogP) is 3.10. The van der Waals surface area contributed by atoms with Gasteiger partial charge in [-0.1, -0.05) is 25.7 Å². The highest BCUT2D eigenvalue weighted by Gasteiger charge is 2.35. The summed E-state index contributed by atoms with van der Waals surface area (Å²) in [5, 5.41) is 9.22. The van der Waals surface area contributed by atoms with Gasteiger partial charge in [0.2, 0.25) is 0 Å². The molecule has 3 heteroatoms. The van der Waals surface area contributed by atoms with Crippen LogP contribution in [0.4, 0.5) is 0 Å². The van der Waals surface area contributed by atoms with Crippen molar-refractivity contribution in [3.8, 4) is 0 Å². The normalized spacial score (nSPS) is 29.3. The van der Waals surface area contributed by atoms with Crippen LogP contribution in [0.5, 0.6) is 0 Å². The number of rotatable bonds is 5. The molecule has 0 aromatic heterocycles. The van der Waals surface area contributed by atoms with Crippen molar-refractivity contribution >= 4 is 12.6 Å². The highest BCUT2D eigenvalue weighted by molar-refractivity contribution is 7.80. The Hall–Kier alpha value is 0.270. The van der Waals surface area contributed by atoms with Gasteiger partial charge in [-0.2, -0.15) is 12.6 Å². The summed E-state index contributed by atoms with van der Waals surface area (Å²) in [6.45, 7) is 2.80.